The summed E-state index contributed by atoms with van der Waals surface area (Å²) in [6.07, 6.45) is 0. The molecule has 0 aliphatic rings. The minimum Gasteiger partial charge on any atom is -0.478 e. The lowest BCUT2D eigenvalue weighted by molar-refractivity contribution is 0.0696. The largest absolute Gasteiger partial charge is 0.478 e. The van der Waals surface area contributed by atoms with E-state index in [4.69, 9.17) is 9.63 Å². The Morgan fingerprint density at radius 1 is 1.30 bits per heavy atom. The normalized spacial score (nSPS) is 10.3. The fourth-order valence-corrected chi connectivity index (χ4v) is 2.28. The van der Waals surface area contributed by atoms with Crippen molar-refractivity contribution in [2.45, 2.75) is 13.8 Å². The molecule has 0 aliphatic heterocycles. The topological polar surface area (TPSA) is 92.4 Å². The Bertz CT molecular complexity index is 674. The van der Waals surface area contributed by atoms with Crippen LogP contribution in [0.25, 0.3) is 0 Å². The fourth-order valence-electron chi connectivity index (χ4n) is 1.79. The molecule has 0 saturated carbocycles. The molecule has 0 aliphatic carbocycles. The first-order chi connectivity index (χ1) is 9.38. The van der Waals surface area contributed by atoms with Crippen LogP contribution in [0.15, 0.2) is 27.2 Å². The summed E-state index contributed by atoms with van der Waals surface area (Å²) < 4.78 is 5.49. The molecule has 1 aromatic carbocycles. The van der Waals surface area contributed by atoms with Crippen LogP contribution in [0.5, 0.6) is 0 Å². The lowest BCUT2D eigenvalue weighted by atomic mass is 10.1. The zero-order valence-corrected chi connectivity index (χ0v) is 12.3. The van der Waals surface area contributed by atoms with E-state index in [1.165, 1.54) is 12.1 Å². The van der Waals surface area contributed by atoms with Gasteiger partial charge in [0, 0.05) is 10.2 Å². The number of amides is 1. The third-order valence-electron chi connectivity index (χ3n) is 2.66. The summed E-state index contributed by atoms with van der Waals surface area (Å²) in [5, 5.41) is 15.3. The highest BCUT2D eigenvalue weighted by Crippen LogP contribution is 2.21. The molecule has 20 heavy (non-hydrogen) atoms. The molecule has 7 heteroatoms. The smallest absolute Gasteiger partial charge is 0.335 e. The van der Waals surface area contributed by atoms with E-state index in [0.29, 0.717) is 27.2 Å². The number of carbonyl (C=O) groups is 2. The zero-order valence-electron chi connectivity index (χ0n) is 10.7. The summed E-state index contributed by atoms with van der Waals surface area (Å²) in [7, 11) is 0. The molecule has 1 heterocycles. The third-order valence-corrected chi connectivity index (χ3v) is 3.12. The molecule has 0 saturated heterocycles. The maximum absolute atomic E-state index is 12.1. The molecule has 0 radical (unpaired) electrons. The molecule has 0 spiro atoms. The van der Waals surface area contributed by atoms with Crippen LogP contribution in [0, 0.1) is 13.8 Å². The standard InChI is InChI=1S/C13H11BrN2O4/c1-6-11(7(2)20-16-6)12(17)15-10-4-8(13(18)19)3-9(14)5-10/h3-5H,1-2H3,(H,15,17)(H,18,19). The number of halogens is 1. The van der Waals surface area contributed by atoms with Gasteiger partial charge in [-0.25, -0.2) is 4.79 Å². The number of carbonyl (C=O) groups excluding carboxylic acids is 1. The first kappa shape index (κ1) is 14.3. The Morgan fingerprint density at radius 3 is 2.55 bits per heavy atom. The predicted octanol–water partition coefficient (Wildman–Crippen LogP) is 3.00. The van der Waals surface area contributed by atoms with Crippen molar-refractivity contribution in [2.75, 3.05) is 5.32 Å². The van der Waals surface area contributed by atoms with Crippen LogP contribution in [-0.2, 0) is 0 Å². The first-order valence-electron chi connectivity index (χ1n) is 5.66. The van der Waals surface area contributed by atoms with Gasteiger partial charge < -0.3 is 14.9 Å². The monoisotopic (exact) mass is 338 g/mol. The summed E-state index contributed by atoms with van der Waals surface area (Å²) in [6.45, 7) is 3.30. The number of aromatic carboxylic acids is 1. The van der Waals surface area contributed by atoms with Gasteiger partial charge in [0.25, 0.3) is 5.91 Å². The van der Waals surface area contributed by atoms with E-state index in [2.05, 4.69) is 26.4 Å². The Morgan fingerprint density at radius 2 is 2.00 bits per heavy atom. The van der Waals surface area contributed by atoms with Crippen LogP contribution >= 0.6 is 15.9 Å². The van der Waals surface area contributed by atoms with E-state index in [0.717, 1.165) is 0 Å². The van der Waals surface area contributed by atoms with E-state index in [1.54, 1.807) is 19.9 Å². The Hall–Kier alpha value is -2.15. The molecule has 2 rings (SSSR count). The second-order valence-corrected chi connectivity index (χ2v) is 5.10. The maximum Gasteiger partial charge on any atom is 0.335 e. The van der Waals surface area contributed by atoms with Gasteiger partial charge in [-0.05, 0) is 32.0 Å². The van der Waals surface area contributed by atoms with Crippen LogP contribution in [0.1, 0.15) is 32.2 Å². The van der Waals surface area contributed by atoms with Crippen molar-refractivity contribution in [1.82, 2.24) is 5.16 Å². The van der Waals surface area contributed by atoms with Crippen molar-refractivity contribution in [3.63, 3.8) is 0 Å². The van der Waals surface area contributed by atoms with Gasteiger partial charge in [-0.3, -0.25) is 4.79 Å². The summed E-state index contributed by atoms with van der Waals surface area (Å²) >= 11 is 3.20. The molecule has 104 valence electrons. The van der Waals surface area contributed by atoms with Crippen LogP contribution in [0.2, 0.25) is 0 Å². The molecule has 2 aromatic rings. The second kappa shape index (κ2) is 5.46. The van der Waals surface area contributed by atoms with Gasteiger partial charge >= 0.3 is 5.97 Å². The summed E-state index contributed by atoms with van der Waals surface area (Å²) in [5.74, 6) is -1.05. The Balaban J connectivity index is 2.31. The number of nitrogens with one attached hydrogen (secondary N) is 1. The summed E-state index contributed by atoms with van der Waals surface area (Å²) in [6, 6.07) is 4.44. The number of carboxylic acid groups (broad SMARTS) is 1. The minimum absolute atomic E-state index is 0.0773. The molecule has 1 amide bonds. The van der Waals surface area contributed by atoms with E-state index >= 15 is 0 Å². The van der Waals surface area contributed by atoms with Crippen molar-refractivity contribution >= 4 is 33.5 Å². The molecular formula is C13H11BrN2O4. The predicted molar refractivity (Wildman–Crippen MR) is 75.0 cm³/mol. The van der Waals surface area contributed by atoms with E-state index in [9.17, 15) is 9.59 Å². The molecule has 0 atom stereocenters. The molecule has 2 N–H and O–H groups in total. The van der Waals surface area contributed by atoms with Crippen molar-refractivity contribution in [2.24, 2.45) is 0 Å². The number of benzene rings is 1. The van der Waals surface area contributed by atoms with Crippen LogP contribution in [0.3, 0.4) is 0 Å². The van der Waals surface area contributed by atoms with Crippen molar-refractivity contribution in [1.29, 1.82) is 0 Å². The van der Waals surface area contributed by atoms with Crippen molar-refractivity contribution in [3.05, 3.63) is 45.3 Å². The molecule has 0 unspecified atom stereocenters. The first-order valence-corrected chi connectivity index (χ1v) is 6.46. The number of aryl methyl sites for hydroxylation is 2. The molecular weight excluding hydrogens is 328 g/mol. The average Bonchev–Trinajstić information content (AvgIpc) is 2.68. The van der Waals surface area contributed by atoms with Gasteiger partial charge in [0.05, 0.1) is 11.3 Å². The number of hydrogen-bond acceptors (Lipinski definition) is 4. The van der Waals surface area contributed by atoms with Gasteiger partial charge in [-0.1, -0.05) is 21.1 Å². The molecule has 0 fully saturated rings. The van der Waals surface area contributed by atoms with E-state index in [-0.39, 0.29) is 5.56 Å². The lowest BCUT2D eigenvalue weighted by Gasteiger charge is -2.06. The summed E-state index contributed by atoms with van der Waals surface area (Å²) in [5.41, 5.74) is 1.28. The molecule has 1 aromatic heterocycles. The molecule has 0 bridgehead atoms. The van der Waals surface area contributed by atoms with Crippen LogP contribution < -0.4 is 5.32 Å². The maximum atomic E-state index is 12.1. The van der Waals surface area contributed by atoms with Crippen molar-refractivity contribution < 1.29 is 19.2 Å². The average molecular weight is 339 g/mol. The number of carboxylic acids is 1. The highest BCUT2D eigenvalue weighted by Gasteiger charge is 2.18. The minimum atomic E-state index is -1.07. The number of anilines is 1. The number of hydrogen-bond donors (Lipinski definition) is 2. The lowest BCUT2D eigenvalue weighted by Crippen LogP contribution is -2.14. The van der Waals surface area contributed by atoms with Crippen molar-refractivity contribution in [3.8, 4) is 0 Å². The van der Waals surface area contributed by atoms with E-state index < -0.39 is 11.9 Å². The number of nitrogens with zero attached hydrogens (tertiary/aromatic N) is 1. The van der Waals surface area contributed by atoms with E-state index in [1.807, 2.05) is 0 Å². The highest BCUT2D eigenvalue weighted by molar-refractivity contribution is 9.10. The number of aromatic nitrogens is 1. The van der Waals surface area contributed by atoms with Gasteiger partial charge in [0.2, 0.25) is 0 Å². The fraction of sp³-hybridized carbons (Fsp3) is 0.154. The van der Waals surface area contributed by atoms with Gasteiger partial charge in [0.1, 0.15) is 11.3 Å². The Labute approximate surface area is 122 Å². The highest BCUT2D eigenvalue weighted by atomic mass is 79.9. The Kier molecular flexibility index (Phi) is 3.89. The van der Waals surface area contributed by atoms with Crippen LogP contribution in [0.4, 0.5) is 5.69 Å². The van der Waals surface area contributed by atoms with Gasteiger partial charge in [-0.2, -0.15) is 0 Å². The second-order valence-electron chi connectivity index (χ2n) is 4.19. The summed E-state index contributed by atoms with van der Waals surface area (Å²) in [4.78, 5) is 23.1. The van der Waals surface area contributed by atoms with Gasteiger partial charge in [-0.15, -0.1) is 0 Å². The molecule has 6 nitrogen and oxygen atoms in total. The third kappa shape index (κ3) is 2.88. The SMILES string of the molecule is Cc1noc(C)c1C(=O)Nc1cc(Br)cc(C(=O)O)c1. The van der Waals surface area contributed by atoms with Crippen LogP contribution in [-0.4, -0.2) is 22.1 Å². The quantitative estimate of drug-likeness (QED) is 0.897. The zero-order chi connectivity index (χ0) is 14.9. The van der Waals surface area contributed by atoms with Gasteiger partial charge in [0.15, 0.2) is 0 Å². The number of rotatable bonds is 3.